The number of fused-ring (bicyclic) bond motifs is 6. The summed E-state index contributed by atoms with van der Waals surface area (Å²) in [4.78, 5) is 5.95. The SMILES string of the molecule is COc1cc2c(cc1C)OC[C@H]1Oc3c(ccc4c3C=CC(C)(C)O4)/C(=N\OCc3ccccc3)[C@@H]21. The van der Waals surface area contributed by atoms with E-state index in [0.717, 1.165) is 56.5 Å². The molecule has 0 radical (unpaired) electrons. The van der Waals surface area contributed by atoms with Crippen molar-refractivity contribution in [3.63, 3.8) is 0 Å². The maximum atomic E-state index is 6.62. The van der Waals surface area contributed by atoms with Crippen LogP contribution in [0, 0.1) is 6.92 Å². The van der Waals surface area contributed by atoms with Crippen molar-refractivity contribution in [2.24, 2.45) is 5.16 Å². The topological polar surface area (TPSA) is 58.5 Å². The van der Waals surface area contributed by atoms with Gasteiger partial charge in [0.05, 0.1) is 18.6 Å². The van der Waals surface area contributed by atoms with Crippen molar-refractivity contribution in [3.8, 4) is 23.0 Å². The molecule has 184 valence electrons. The number of hydrogen-bond acceptors (Lipinski definition) is 6. The van der Waals surface area contributed by atoms with Crippen LogP contribution in [0.3, 0.4) is 0 Å². The quantitative estimate of drug-likeness (QED) is 0.423. The van der Waals surface area contributed by atoms with E-state index in [1.54, 1.807) is 7.11 Å². The zero-order chi connectivity index (χ0) is 24.9. The number of hydrogen-bond donors (Lipinski definition) is 0. The van der Waals surface area contributed by atoms with E-state index in [1.807, 2.05) is 81.4 Å². The molecule has 0 saturated carbocycles. The highest BCUT2D eigenvalue weighted by Crippen LogP contribution is 2.49. The Labute approximate surface area is 211 Å². The second-order valence-electron chi connectivity index (χ2n) is 9.93. The van der Waals surface area contributed by atoms with Gasteiger partial charge >= 0.3 is 0 Å². The van der Waals surface area contributed by atoms with E-state index >= 15 is 0 Å². The van der Waals surface area contributed by atoms with Crippen LogP contribution in [0.5, 0.6) is 23.0 Å². The molecule has 0 saturated heterocycles. The van der Waals surface area contributed by atoms with Crippen molar-refractivity contribution >= 4 is 11.8 Å². The Morgan fingerprint density at radius 3 is 2.69 bits per heavy atom. The smallest absolute Gasteiger partial charge is 0.145 e. The normalized spacial score (nSPS) is 21.6. The summed E-state index contributed by atoms with van der Waals surface area (Å²) in [6.45, 7) is 6.86. The number of aryl methyl sites for hydroxylation is 1. The van der Waals surface area contributed by atoms with Crippen LogP contribution in [0.15, 0.2) is 65.8 Å². The second-order valence-corrected chi connectivity index (χ2v) is 9.93. The Hall–Kier alpha value is -3.93. The van der Waals surface area contributed by atoms with Gasteiger partial charge in [-0.25, -0.2) is 0 Å². The maximum Gasteiger partial charge on any atom is 0.145 e. The molecule has 6 nitrogen and oxygen atoms in total. The summed E-state index contributed by atoms with van der Waals surface area (Å²) >= 11 is 0. The van der Waals surface area contributed by atoms with Crippen LogP contribution in [0.1, 0.15) is 47.6 Å². The van der Waals surface area contributed by atoms with Crippen molar-refractivity contribution in [3.05, 3.63) is 88.5 Å². The lowest BCUT2D eigenvalue weighted by Crippen LogP contribution is -2.44. The van der Waals surface area contributed by atoms with E-state index in [1.165, 1.54) is 0 Å². The van der Waals surface area contributed by atoms with Gasteiger partial charge in [-0.1, -0.05) is 35.5 Å². The van der Waals surface area contributed by atoms with E-state index < -0.39 is 0 Å². The van der Waals surface area contributed by atoms with Gasteiger partial charge in [0.25, 0.3) is 0 Å². The molecular formula is C30H29NO5. The molecular weight excluding hydrogens is 454 g/mol. The second kappa shape index (κ2) is 8.63. The molecule has 0 unspecified atom stereocenters. The largest absolute Gasteiger partial charge is 0.496 e. The Kier molecular flexibility index (Phi) is 5.40. The van der Waals surface area contributed by atoms with E-state index in [0.29, 0.717) is 13.2 Å². The fourth-order valence-corrected chi connectivity index (χ4v) is 5.09. The highest BCUT2D eigenvalue weighted by molar-refractivity contribution is 6.09. The molecule has 0 bridgehead atoms. The number of ether oxygens (including phenoxy) is 4. The zero-order valence-electron chi connectivity index (χ0n) is 20.9. The summed E-state index contributed by atoms with van der Waals surface area (Å²) < 4.78 is 24.6. The van der Waals surface area contributed by atoms with Gasteiger partial charge in [-0.2, -0.15) is 0 Å². The van der Waals surface area contributed by atoms with Crippen LogP contribution in [0.2, 0.25) is 0 Å². The number of methoxy groups -OCH3 is 1. The average molecular weight is 484 g/mol. The van der Waals surface area contributed by atoms with Gasteiger partial charge in [0, 0.05) is 11.1 Å². The maximum absolute atomic E-state index is 6.62. The third-order valence-electron chi connectivity index (χ3n) is 6.89. The predicted molar refractivity (Wildman–Crippen MR) is 138 cm³/mol. The van der Waals surface area contributed by atoms with Gasteiger partial charge < -0.3 is 23.8 Å². The lowest BCUT2D eigenvalue weighted by molar-refractivity contribution is 0.0899. The molecule has 6 rings (SSSR count). The summed E-state index contributed by atoms with van der Waals surface area (Å²) in [5, 5.41) is 4.73. The first kappa shape index (κ1) is 22.5. The lowest BCUT2D eigenvalue weighted by Gasteiger charge is -2.40. The van der Waals surface area contributed by atoms with E-state index in [2.05, 4.69) is 6.08 Å². The Morgan fingerprint density at radius 1 is 1.06 bits per heavy atom. The summed E-state index contributed by atoms with van der Waals surface area (Å²) in [6.07, 6.45) is 3.85. The summed E-state index contributed by atoms with van der Waals surface area (Å²) in [7, 11) is 1.68. The molecule has 0 spiro atoms. The van der Waals surface area contributed by atoms with Gasteiger partial charge in [0.2, 0.25) is 0 Å². The molecule has 0 aromatic heterocycles. The molecule has 0 amide bonds. The Bertz CT molecular complexity index is 1380. The zero-order valence-corrected chi connectivity index (χ0v) is 20.9. The first-order valence-corrected chi connectivity index (χ1v) is 12.2. The molecule has 3 heterocycles. The molecule has 0 N–H and O–H groups in total. The fraction of sp³-hybridized carbons (Fsp3) is 0.300. The van der Waals surface area contributed by atoms with Crippen molar-refractivity contribution < 1.29 is 23.8 Å². The monoisotopic (exact) mass is 483 g/mol. The van der Waals surface area contributed by atoms with Crippen LogP contribution in [0.25, 0.3) is 6.08 Å². The van der Waals surface area contributed by atoms with E-state index in [9.17, 15) is 0 Å². The minimum absolute atomic E-state index is 0.172. The number of oxime groups is 1. The molecule has 3 aromatic carbocycles. The highest BCUT2D eigenvalue weighted by Gasteiger charge is 2.44. The van der Waals surface area contributed by atoms with Crippen molar-refractivity contribution in [2.45, 2.75) is 45.0 Å². The molecule has 3 aliphatic rings. The van der Waals surface area contributed by atoms with Crippen LogP contribution in [-0.4, -0.2) is 31.1 Å². The first-order valence-electron chi connectivity index (χ1n) is 12.2. The van der Waals surface area contributed by atoms with Gasteiger partial charge in [-0.05, 0) is 68.3 Å². The molecule has 3 aliphatic heterocycles. The van der Waals surface area contributed by atoms with E-state index in [-0.39, 0.29) is 17.6 Å². The number of rotatable bonds is 4. The van der Waals surface area contributed by atoms with Crippen molar-refractivity contribution in [1.82, 2.24) is 0 Å². The third-order valence-corrected chi connectivity index (χ3v) is 6.89. The summed E-state index contributed by atoms with van der Waals surface area (Å²) in [6, 6.07) is 18.1. The fourth-order valence-electron chi connectivity index (χ4n) is 5.09. The third kappa shape index (κ3) is 3.87. The average Bonchev–Trinajstić information content (AvgIpc) is 2.87. The molecule has 0 fully saturated rings. The van der Waals surface area contributed by atoms with Crippen molar-refractivity contribution in [1.29, 1.82) is 0 Å². The van der Waals surface area contributed by atoms with Crippen LogP contribution in [-0.2, 0) is 11.4 Å². The molecule has 0 aliphatic carbocycles. The molecule has 36 heavy (non-hydrogen) atoms. The summed E-state index contributed by atoms with van der Waals surface area (Å²) in [5.74, 6) is 2.99. The van der Waals surface area contributed by atoms with Gasteiger partial charge in [-0.15, -0.1) is 0 Å². The van der Waals surface area contributed by atoms with Crippen LogP contribution < -0.4 is 18.9 Å². The molecule has 3 aromatic rings. The molecule has 2 atom stereocenters. The Balaban J connectivity index is 1.47. The van der Waals surface area contributed by atoms with Gasteiger partial charge in [0.1, 0.15) is 53.6 Å². The van der Waals surface area contributed by atoms with E-state index in [4.69, 9.17) is 28.9 Å². The lowest BCUT2D eigenvalue weighted by atomic mass is 9.80. The van der Waals surface area contributed by atoms with Crippen molar-refractivity contribution in [2.75, 3.05) is 13.7 Å². The standard InChI is InChI=1S/C30H29NO5/c1-18-14-25-22(15-24(18)32-4)27-26(17-33-25)35-29-20-12-13-30(2,3)36-23(20)11-10-21(29)28(27)31-34-16-19-8-6-5-7-9-19/h5-15,26-27H,16-17H2,1-4H3/b31-28+/t26-,27+/m1/s1. The highest BCUT2D eigenvalue weighted by atomic mass is 16.6. The number of benzene rings is 3. The first-order chi connectivity index (χ1) is 17.4. The Morgan fingerprint density at radius 2 is 1.89 bits per heavy atom. The van der Waals surface area contributed by atoms with Crippen LogP contribution in [0.4, 0.5) is 0 Å². The minimum Gasteiger partial charge on any atom is -0.496 e. The summed E-state index contributed by atoms with van der Waals surface area (Å²) in [5.41, 5.74) is 5.29. The molecule has 6 heteroatoms. The van der Waals surface area contributed by atoms with Gasteiger partial charge in [-0.3, -0.25) is 0 Å². The van der Waals surface area contributed by atoms with Crippen LogP contribution >= 0.6 is 0 Å². The predicted octanol–water partition coefficient (Wildman–Crippen LogP) is 6.05. The van der Waals surface area contributed by atoms with Gasteiger partial charge in [0.15, 0.2) is 0 Å². The number of nitrogens with zero attached hydrogens (tertiary/aromatic N) is 1. The minimum atomic E-state index is -0.380.